The zero-order valence-corrected chi connectivity index (χ0v) is 62.3. The third-order valence-corrected chi connectivity index (χ3v) is 25.1. The average molecular weight is 1540 g/mol. The van der Waals surface area contributed by atoms with Crippen molar-refractivity contribution in [2.45, 2.75) is 127 Å². The van der Waals surface area contributed by atoms with Crippen molar-refractivity contribution in [3.8, 4) is 23.5 Å². The summed E-state index contributed by atoms with van der Waals surface area (Å²) in [4.78, 5) is 110. The Hall–Kier alpha value is -6.54. The number of hydrogen-bond donors (Lipinski definition) is 11. The Morgan fingerprint density at radius 2 is 1.59 bits per heavy atom. The summed E-state index contributed by atoms with van der Waals surface area (Å²) < 4.78 is 81.7. The normalized spacial score (nSPS) is 18.1. The molecule has 37 heteroatoms. The Balaban J connectivity index is 0.533. The summed E-state index contributed by atoms with van der Waals surface area (Å²) >= 11 is 0. The monoisotopic (exact) mass is 1540 g/mol. The Kier molecular flexibility index (Phi) is 26.8. The van der Waals surface area contributed by atoms with E-state index in [2.05, 4.69) is 87.3 Å². The summed E-state index contributed by atoms with van der Waals surface area (Å²) in [7, 11) is -13.2. The maximum Gasteiger partial charge on any atom is 0.591 e. The number of nitrogens with one attached hydrogen (secondary N) is 4. The molecule has 4 amide bonds. The number of amides is 4. The number of phosphoric ester groups is 1. The van der Waals surface area contributed by atoms with Gasteiger partial charge in [0.15, 0.2) is 0 Å². The Labute approximate surface area is 608 Å². The molecule has 5 aromatic rings. The Bertz CT molecular complexity index is 4300. The lowest BCUT2D eigenvalue weighted by Gasteiger charge is -2.39. The predicted octanol–water partition coefficient (Wildman–Crippen LogP) is 6.24. The van der Waals surface area contributed by atoms with Gasteiger partial charge in [-0.3, -0.25) is 14.6 Å². The van der Waals surface area contributed by atoms with E-state index in [4.69, 9.17) is 53.2 Å². The van der Waals surface area contributed by atoms with Gasteiger partial charge in [0.1, 0.15) is 60.7 Å². The number of phosphoric acid groups is 2. The van der Waals surface area contributed by atoms with Gasteiger partial charge in [-0.25, -0.2) is 38.1 Å². The van der Waals surface area contributed by atoms with Crippen molar-refractivity contribution in [2.24, 2.45) is 0 Å². The van der Waals surface area contributed by atoms with Crippen LogP contribution in [0.3, 0.4) is 0 Å². The van der Waals surface area contributed by atoms with Crippen LogP contribution in [0.25, 0.3) is 16.6 Å². The molecule has 0 aliphatic carbocycles. The number of unbranched alkanes of at least 4 members (excludes halogenated alkanes) is 2. The summed E-state index contributed by atoms with van der Waals surface area (Å²) in [5.41, 5.74) is 15.7. The van der Waals surface area contributed by atoms with Crippen LogP contribution in [0, 0.1) is 12.0 Å². The molecule has 564 valence electrons. The van der Waals surface area contributed by atoms with E-state index in [9.17, 15) is 48.1 Å². The van der Waals surface area contributed by atoms with Crippen LogP contribution < -0.4 is 51.8 Å². The number of fused-ring (bicyclic) bond motifs is 5. The van der Waals surface area contributed by atoms with E-state index in [1.54, 1.807) is 57.5 Å². The van der Waals surface area contributed by atoms with E-state index in [1.807, 2.05) is 0 Å². The zero-order chi connectivity index (χ0) is 73.8. The SMILES string of the molecule is CCOC1C[C@H](n2cc(C#CNC(=O)NCCCCCOCSSC(C)(C)CCOC(=O)NCCOCCOCCNC(=O)c3ccc(C(=O)O)c(C4=c5cc6c7c(c5Oc5c4cc4c8c5CCCN8CCC4)CCC[N+]=7CCC6)c3)c3c(N)ncnc32)O[C@@H]1COP(=O)(O)O[P+](O)(O)OP(=O)(O)O. The topological polar surface area (TPSA) is 427 Å². The molecule has 0 spiro atoms. The van der Waals surface area contributed by atoms with E-state index >= 15 is 0 Å². The summed E-state index contributed by atoms with van der Waals surface area (Å²) in [5, 5.41) is 24.2. The first-order chi connectivity index (χ1) is 49.9. The van der Waals surface area contributed by atoms with Crippen molar-refractivity contribution in [1.29, 1.82) is 0 Å². The molecule has 2 unspecified atom stereocenters. The summed E-state index contributed by atoms with van der Waals surface area (Å²) in [6, 6.07) is 11.4. The Morgan fingerprint density at radius 3 is 2.36 bits per heavy atom. The molecule has 3 aromatic carbocycles. The molecule has 12 N–H and O–H groups in total. The highest BCUT2D eigenvalue weighted by Gasteiger charge is 2.55. The first-order valence-electron chi connectivity index (χ1n) is 34.6. The molecule has 11 rings (SSSR count). The first-order valence-corrected chi connectivity index (χ1v) is 41.5. The quantitative estimate of drug-likeness (QED) is 0.00399. The maximum atomic E-state index is 13.9. The number of anilines is 2. The number of aromatic nitrogens is 3. The van der Waals surface area contributed by atoms with Crippen molar-refractivity contribution < 1.29 is 104 Å². The van der Waals surface area contributed by atoms with Gasteiger partial charge < -0.3 is 84.1 Å². The molecular weight excluding hydrogens is 1450 g/mol. The number of ether oxygens (including phenoxy) is 7. The van der Waals surface area contributed by atoms with Crippen molar-refractivity contribution >= 4 is 97.5 Å². The van der Waals surface area contributed by atoms with Crippen LogP contribution in [0.15, 0.2) is 42.9 Å². The zero-order valence-electron chi connectivity index (χ0n) is 58.0. The van der Waals surface area contributed by atoms with E-state index in [-0.39, 0.29) is 81.2 Å². The number of carboxylic acid groups (broad SMARTS) is 1. The van der Waals surface area contributed by atoms with Gasteiger partial charge in [-0.05, 0) is 141 Å². The second kappa shape index (κ2) is 35.5. The van der Waals surface area contributed by atoms with Crippen LogP contribution in [0.5, 0.6) is 11.5 Å². The van der Waals surface area contributed by atoms with Crippen LogP contribution in [-0.2, 0) is 76.4 Å². The maximum absolute atomic E-state index is 13.9. The van der Waals surface area contributed by atoms with Crippen molar-refractivity contribution in [1.82, 2.24) is 40.4 Å². The van der Waals surface area contributed by atoms with Gasteiger partial charge in [-0.1, -0.05) is 21.6 Å². The van der Waals surface area contributed by atoms with Crippen LogP contribution in [0.2, 0.25) is 0 Å². The molecule has 32 nitrogen and oxygen atoms in total. The van der Waals surface area contributed by atoms with Gasteiger partial charge in [0.05, 0.1) is 67.8 Å². The number of aryl methyl sites for hydroxylation is 2. The van der Waals surface area contributed by atoms with Crippen LogP contribution >= 0.6 is 45.4 Å². The molecule has 0 saturated carbocycles. The van der Waals surface area contributed by atoms with Gasteiger partial charge in [-0.2, -0.15) is 9.79 Å². The van der Waals surface area contributed by atoms with E-state index in [0.717, 1.165) is 118 Å². The van der Waals surface area contributed by atoms with Crippen LogP contribution in [0.4, 0.5) is 21.1 Å². The largest absolute Gasteiger partial charge is 0.591 e. The summed E-state index contributed by atoms with van der Waals surface area (Å²) in [6.07, 6.45) is 10.3. The number of nitrogens with two attached hydrogens (primary N) is 1. The fraction of sp³-hybridized carbons (Fsp3) is 0.537. The minimum Gasteiger partial charge on any atom is -0.478 e. The Morgan fingerprint density at radius 1 is 0.837 bits per heavy atom. The number of carbonyl (C=O) groups is 4. The number of urea groups is 1. The minimum atomic E-state index is -5.53. The average Bonchev–Trinajstić information content (AvgIpc) is 0.913. The molecule has 0 radical (unpaired) electrons. The van der Waals surface area contributed by atoms with Gasteiger partial charge in [0, 0.05) is 121 Å². The number of nitrogen functional groups attached to an aromatic ring is 1. The molecule has 8 heterocycles. The number of carbonyl (C=O) groups excluding carboxylic acids is 3. The van der Waals surface area contributed by atoms with E-state index in [1.165, 1.54) is 39.6 Å². The van der Waals surface area contributed by atoms with Gasteiger partial charge in [0.2, 0.25) is 5.36 Å². The fourth-order valence-corrected chi connectivity index (χ4v) is 19.1. The molecular formula is C67H89N10O22P3S2+2. The molecule has 6 aliphatic rings. The van der Waals surface area contributed by atoms with Crippen molar-refractivity contribution in [3.63, 3.8) is 0 Å². The first kappa shape index (κ1) is 78.5. The fourth-order valence-electron chi connectivity index (χ4n) is 13.7. The minimum absolute atomic E-state index is 0.0783. The lowest BCUT2D eigenvalue weighted by atomic mass is 9.81. The van der Waals surface area contributed by atoms with E-state index < -0.39 is 67.0 Å². The highest BCUT2D eigenvalue weighted by molar-refractivity contribution is 8.77. The van der Waals surface area contributed by atoms with Gasteiger partial charge in [-0.15, -0.1) is 0 Å². The smallest absolute Gasteiger partial charge is 0.478 e. The molecule has 6 aliphatic heterocycles. The highest BCUT2D eigenvalue weighted by Crippen LogP contribution is 2.71. The molecule has 1 saturated heterocycles. The summed E-state index contributed by atoms with van der Waals surface area (Å²) in [5.74, 6) is 3.60. The number of benzene rings is 3. The number of rotatable bonds is 35. The molecule has 104 heavy (non-hydrogen) atoms. The number of carboxylic acids is 1. The molecule has 1 fully saturated rings. The van der Waals surface area contributed by atoms with Crippen LogP contribution in [-0.4, -0.2) is 190 Å². The van der Waals surface area contributed by atoms with Gasteiger partial charge >= 0.3 is 41.9 Å². The number of alkyl carbamates (subject to hydrolysis) is 1. The number of aromatic carboxylic acids is 1. The molecule has 2 aromatic heterocycles. The number of hydrogen-bond acceptors (Lipinski definition) is 24. The van der Waals surface area contributed by atoms with Crippen molar-refractivity contribution in [3.05, 3.63) is 104 Å². The molecule has 4 atom stereocenters. The second-order valence-corrected chi connectivity index (χ2v) is 33.5. The third-order valence-electron chi connectivity index (χ3n) is 18.2. The summed E-state index contributed by atoms with van der Waals surface area (Å²) in [6.45, 7) is 11.9. The van der Waals surface area contributed by atoms with E-state index in [0.29, 0.717) is 59.7 Å². The predicted molar refractivity (Wildman–Crippen MR) is 386 cm³/mol. The van der Waals surface area contributed by atoms with Crippen molar-refractivity contribution in [2.75, 3.05) is 115 Å². The second-order valence-electron chi connectivity index (χ2n) is 26.1. The lowest BCUT2D eigenvalue weighted by Crippen LogP contribution is -2.45. The third kappa shape index (κ3) is 20.2. The van der Waals surface area contributed by atoms with Crippen LogP contribution in [0.1, 0.15) is 144 Å². The molecule has 0 bridgehead atoms. The standard InChI is InChI=1S/C67H87N10O22P3S2/c1-4-93-52-37-54(96-53(52)39-95-101(86,87)99-102(88,89)98-100(83,84)85)77-38-45(55-61(68)73-40-74-62(55)77)18-21-71-65(81)70-20-6-5-7-28-92-41-103-104-67(2,3)19-29-94-66(82)72-23-31-91-33-32-90-30-22-69-63(78)44-16-17-46(64(79)80)49(36-44)56-50-34-42-12-8-24-75-26-10-14-47(57(42)75)59(50)97-60-48-15-11-27-76-25-9-13-43(58(48)76)35-51(56)60/h16-17,34-36,38,40,52-54,88-89H,4-15,19-20,22-33,37,39,41H2,1-3H3,(H8-2,68,69,70,71,72,73,74,78,79,80,81,82,83,84,85,86,87)/p+2/t52?,53-,54-/m1/s1. The van der Waals surface area contributed by atoms with Gasteiger partial charge in [0.25, 0.3) is 5.91 Å². The highest BCUT2D eigenvalue weighted by atomic mass is 33.1. The number of nitrogens with zero attached hydrogens (tertiary/aromatic N) is 5. The lowest BCUT2D eigenvalue weighted by molar-refractivity contribution is -0.0573.